The predicted octanol–water partition coefficient (Wildman–Crippen LogP) is 4.31. The smallest absolute Gasteiger partial charge is 0.277 e. The van der Waals surface area contributed by atoms with E-state index in [9.17, 15) is 4.79 Å². The Kier molecular flexibility index (Phi) is 5.70. The Labute approximate surface area is 156 Å². The highest BCUT2D eigenvalue weighted by atomic mass is 79.9. The third-order valence-electron chi connectivity index (χ3n) is 3.19. The fourth-order valence-corrected chi connectivity index (χ4v) is 4.16. The van der Waals surface area contributed by atoms with Gasteiger partial charge in [0.05, 0.1) is 12.3 Å². The minimum Gasteiger partial charge on any atom is -0.411 e. The first kappa shape index (κ1) is 17.2. The highest BCUT2D eigenvalue weighted by Gasteiger charge is 2.14. The van der Waals surface area contributed by atoms with Gasteiger partial charge >= 0.3 is 0 Å². The maximum Gasteiger partial charge on any atom is 0.277 e. The number of nitrogens with zero attached hydrogens (tertiary/aromatic N) is 3. The van der Waals surface area contributed by atoms with Crippen molar-refractivity contribution in [3.05, 3.63) is 51.1 Å². The number of carbonyl (C=O) groups is 1. The van der Waals surface area contributed by atoms with E-state index < -0.39 is 0 Å². The van der Waals surface area contributed by atoms with E-state index in [1.165, 1.54) is 11.8 Å². The van der Waals surface area contributed by atoms with Gasteiger partial charge in [-0.25, -0.2) is 0 Å². The number of halogens is 1. The molecule has 0 fully saturated rings. The quantitative estimate of drug-likeness (QED) is 0.552. The molecular weight excluding hydrogens is 410 g/mol. The summed E-state index contributed by atoms with van der Waals surface area (Å²) in [6.45, 7) is 0.592. The molecule has 0 spiro atoms. The summed E-state index contributed by atoms with van der Waals surface area (Å²) >= 11 is 6.29. The van der Waals surface area contributed by atoms with Crippen LogP contribution in [0.15, 0.2) is 55.9 Å². The molecule has 0 radical (unpaired) electrons. The highest BCUT2D eigenvalue weighted by molar-refractivity contribution is 9.10. The van der Waals surface area contributed by atoms with Gasteiger partial charge in [-0.2, -0.15) is 0 Å². The predicted molar refractivity (Wildman–Crippen MR) is 99.0 cm³/mol. The highest BCUT2D eigenvalue weighted by Crippen LogP contribution is 2.24. The van der Waals surface area contributed by atoms with Crippen LogP contribution in [0.5, 0.6) is 0 Å². The molecule has 0 bridgehead atoms. The van der Waals surface area contributed by atoms with E-state index in [2.05, 4.69) is 26.1 Å². The summed E-state index contributed by atoms with van der Waals surface area (Å²) in [4.78, 5) is 15.0. The molecule has 3 aromatic rings. The number of hydrogen-bond donors (Lipinski definition) is 0. The largest absolute Gasteiger partial charge is 0.411 e. The number of thiophene rings is 1. The van der Waals surface area contributed by atoms with Crippen LogP contribution in [0.4, 0.5) is 0 Å². The zero-order chi connectivity index (χ0) is 16.9. The molecule has 24 heavy (non-hydrogen) atoms. The molecule has 5 nitrogen and oxygen atoms in total. The molecule has 0 saturated heterocycles. The molecule has 1 aromatic carbocycles. The van der Waals surface area contributed by atoms with Crippen molar-refractivity contribution in [1.82, 2.24) is 15.1 Å². The Bertz CT molecular complexity index is 820. The van der Waals surface area contributed by atoms with Crippen molar-refractivity contribution < 1.29 is 9.21 Å². The Morgan fingerprint density at radius 3 is 2.83 bits per heavy atom. The van der Waals surface area contributed by atoms with Gasteiger partial charge in [-0.05, 0) is 34.1 Å². The maximum absolute atomic E-state index is 12.2. The SMILES string of the molecule is CN(Cc1cc(Br)cs1)C(=O)CSc1nnc(-c2ccccc2)o1. The van der Waals surface area contributed by atoms with Gasteiger partial charge < -0.3 is 9.32 Å². The molecule has 0 N–H and O–H groups in total. The van der Waals surface area contributed by atoms with Crippen LogP contribution < -0.4 is 0 Å². The lowest BCUT2D eigenvalue weighted by Gasteiger charge is -2.15. The summed E-state index contributed by atoms with van der Waals surface area (Å²) in [6, 6.07) is 11.6. The molecule has 1 amide bonds. The molecule has 0 aliphatic carbocycles. The van der Waals surface area contributed by atoms with Crippen molar-refractivity contribution in [1.29, 1.82) is 0 Å². The average Bonchev–Trinajstić information content (AvgIpc) is 3.22. The summed E-state index contributed by atoms with van der Waals surface area (Å²) < 4.78 is 6.63. The summed E-state index contributed by atoms with van der Waals surface area (Å²) in [7, 11) is 1.79. The van der Waals surface area contributed by atoms with Crippen LogP contribution in [0.25, 0.3) is 11.5 Å². The van der Waals surface area contributed by atoms with Crippen LogP contribution in [0.3, 0.4) is 0 Å². The third kappa shape index (κ3) is 4.46. The van der Waals surface area contributed by atoms with Gasteiger partial charge in [0.2, 0.25) is 11.8 Å². The van der Waals surface area contributed by atoms with E-state index in [4.69, 9.17) is 4.42 Å². The van der Waals surface area contributed by atoms with Gasteiger partial charge in [-0.15, -0.1) is 21.5 Å². The Balaban J connectivity index is 1.53. The summed E-state index contributed by atoms with van der Waals surface area (Å²) in [5, 5.41) is 10.4. The Morgan fingerprint density at radius 1 is 1.33 bits per heavy atom. The van der Waals surface area contributed by atoms with Gasteiger partial charge in [-0.1, -0.05) is 30.0 Å². The van der Waals surface area contributed by atoms with Gasteiger partial charge in [-0.3, -0.25) is 4.79 Å². The molecule has 124 valence electrons. The van der Waals surface area contributed by atoms with Crippen molar-refractivity contribution >= 4 is 44.9 Å². The zero-order valence-electron chi connectivity index (χ0n) is 12.8. The van der Waals surface area contributed by atoms with Crippen LogP contribution in [0.1, 0.15) is 4.88 Å². The van der Waals surface area contributed by atoms with Crippen LogP contribution in [-0.2, 0) is 11.3 Å². The number of thioether (sulfide) groups is 1. The minimum absolute atomic E-state index is 0.0176. The first-order valence-corrected chi connectivity index (χ1v) is 9.76. The molecule has 2 aromatic heterocycles. The molecule has 2 heterocycles. The second-order valence-corrected chi connectivity index (χ2v) is 7.85. The molecule has 0 saturated carbocycles. The van der Waals surface area contributed by atoms with E-state index >= 15 is 0 Å². The average molecular weight is 424 g/mol. The zero-order valence-corrected chi connectivity index (χ0v) is 16.0. The molecule has 3 rings (SSSR count). The van der Waals surface area contributed by atoms with Gasteiger partial charge in [0.25, 0.3) is 5.22 Å². The number of aromatic nitrogens is 2. The number of rotatable bonds is 6. The molecule has 0 unspecified atom stereocenters. The van der Waals surface area contributed by atoms with E-state index in [0.29, 0.717) is 17.7 Å². The lowest BCUT2D eigenvalue weighted by Crippen LogP contribution is -2.27. The monoisotopic (exact) mass is 423 g/mol. The van der Waals surface area contributed by atoms with Crippen LogP contribution in [-0.4, -0.2) is 33.8 Å². The molecule has 0 atom stereocenters. The van der Waals surface area contributed by atoms with E-state index in [0.717, 1.165) is 14.9 Å². The Hall–Kier alpha value is -1.64. The molecule has 0 aliphatic rings. The number of hydrogen-bond acceptors (Lipinski definition) is 6. The molecule has 0 aliphatic heterocycles. The number of amides is 1. The summed E-state index contributed by atoms with van der Waals surface area (Å²) in [5.74, 6) is 0.741. The molecular formula is C16H14BrN3O2S2. The van der Waals surface area contributed by atoms with Gasteiger partial charge in [0.15, 0.2) is 0 Å². The lowest BCUT2D eigenvalue weighted by atomic mass is 10.2. The van der Waals surface area contributed by atoms with Crippen molar-refractivity contribution in [3.8, 4) is 11.5 Å². The fraction of sp³-hybridized carbons (Fsp3) is 0.188. The van der Waals surface area contributed by atoms with Crippen molar-refractivity contribution in [2.24, 2.45) is 0 Å². The lowest BCUT2D eigenvalue weighted by molar-refractivity contribution is -0.127. The van der Waals surface area contributed by atoms with E-state index in [-0.39, 0.29) is 11.7 Å². The van der Waals surface area contributed by atoms with Gasteiger partial charge in [0, 0.05) is 27.3 Å². The second-order valence-electron chi connectivity index (χ2n) is 5.01. The normalized spacial score (nSPS) is 10.8. The summed E-state index contributed by atoms with van der Waals surface area (Å²) in [5.41, 5.74) is 0.864. The van der Waals surface area contributed by atoms with E-state index in [1.54, 1.807) is 23.3 Å². The standard InChI is InChI=1S/C16H14BrN3O2S2/c1-20(8-13-7-12(17)9-23-13)14(21)10-24-16-19-18-15(22-16)11-5-3-2-4-6-11/h2-7,9H,8,10H2,1H3. The number of benzene rings is 1. The van der Waals surface area contributed by atoms with Crippen molar-refractivity contribution in [3.63, 3.8) is 0 Å². The van der Waals surface area contributed by atoms with Crippen molar-refractivity contribution in [2.75, 3.05) is 12.8 Å². The maximum atomic E-state index is 12.2. The topological polar surface area (TPSA) is 59.2 Å². The van der Waals surface area contributed by atoms with Crippen LogP contribution >= 0.6 is 39.0 Å². The second kappa shape index (κ2) is 7.96. The summed E-state index contributed by atoms with van der Waals surface area (Å²) in [6.07, 6.45) is 0. The molecule has 8 heteroatoms. The third-order valence-corrected chi connectivity index (χ3v) is 5.67. The van der Waals surface area contributed by atoms with Crippen LogP contribution in [0, 0.1) is 0 Å². The van der Waals surface area contributed by atoms with Crippen molar-refractivity contribution in [2.45, 2.75) is 11.8 Å². The first-order valence-electron chi connectivity index (χ1n) is 7.10. The van der Waals surface area contributed by atoms with Crippen LogP contribution in [0.2, 0.25) is 0 Å². The fourth-order valence-electron chi connectivity index (χ4n) is 1.96. The Morgan fingerprint density at radius 2 is 2.12 bits per heavy atom. The van der Waals surface area contributed by atoms with Gasteiger partial charge in [0.1, 0.15) is 0 Å². The first-order chi connectivity index (χ1) is 11.6. The minimum atomic E-state index is 0.0176. The number of carbonyl (C=O) groups excluding carboxylic acids is 1. The van der Waals surface area contributed by atoms with E-state index in [1.807, 2.05) is 41.8 Å².